The molecule has 1 heterocycles. The van der Waals surface area contributed by atoms with Crippen molar-refractivity contribution in [2.45, 2.75) is 58.1 Å². The van der Waals surface area contributed by atoms with Gasteiger partial charge in [-0.15, -0.1) is 0 Å². The summed E-state index contributed by atoms with van der Waals surface area (Å²) in [5.74, 6) is -0.0888. The molecule has 0 unspecified atom stereocenters. The Morgan fingerprint density at radius 1 is 1.07 bits per heavy atom. The first kappa shape index (κ1) is 21.2. The Morgan fingerprint density at radius 2 is 1.67 bits per heavy atom. The van der Waals surface area contributed by atoms with Crippen LogP contribution in [0.4, 0.5) is 4.79 Å². The average molecular weight is 376 g/mol. The number of carbonyl (C=O) groups is 2. The van der Waals surface area contributed by atoms with Gasteiger partial charge in [-0.2, -0.15) is 0 Å². The van der Waals surface area contributed by atoms with E-state index < -0.39 is 17.7 Å². The molecular formula is C21H33N3O3. The molecule has 27 heavy (non-hydrogen) atoms. The van der Waals surface area contributed by atoms with Crippen molar-refractivity contribution in [1.82, 2.24) is 14.9 Å². The van der Waals surface area contributed by atoms with Gasteiger partial charge in [0, 0.05) is 33.6 Å². The summed E-state index contributed by atoms with van der Waals surface area (Å²) in [4.78, 5) is 27.3. The van der Waals surface area contributed by atoms with Crippen molar-refractivity contribution < 1.29 is 14.3 Å². The zero-order valence-electron chi connectivity index (χ0n) is 17.3. The highest BCUT2D eigenvalue weighted by Crippen LogP contribution is 2.17. The molecular weight excluding hydrogens is 342 g/mol. The van der Waals surface area contributed by atoms with Crippen molar-refractivity contribution in [2.24, 2.45) is 0 Å². The van der Waals surface area contributed by atoms with Gasteiger partial charge < -0.3 is 4.74 Å². The molecule has 0 spiro atoms. The number of ether oxygens (including phenoxy) is 1. The predicted octanol–water partition coefficient (Wildman–Crippen LogP) is 3.32. The molecule has 1 aliphatic rings. The van der Waals surface area contributed by atoms with Gasteiger partial charge in [-0.3, -0.25) is 14.7 Å². The monoisotopic (exact) mass is 375 g/mol. The van der Waals surface area contributed by atoms with Crippen LogP contribution in [0.25, 0.3) is 0 Å². The SMILES string of the molecule is CN(C(=O)OC(C)(C)C)[C@H](Cc1ccccc1)C(=O)N(C)N1CCCCC1. The van der Waals surface area contributed by atoms with Gasteiger partial charge in [0.2, 0.25) is 0 Å². The summed E-state index contributed by atoms with van der Waals surface area (Å²) >= 11 is 0. The molecule has 1 saturated heterocycles. The first-order chi connectivity index (χ1) is 12.7. The number of likely N-dealkylation sites (N-methyl/N-ethyl adjacent to an activating group) is 2. The van der Waals surface area contributed by atoms with Gasteiger partial charge in [-0.1, -0.05) is 36.8 Å². The molecule has 0 aliphatic carbocycles. The highest BCUT2D eigenvalue weighted by molar-refractivity contribution is 5.85. The number of rotatable bonds is 5. The van der Waals surface area contributed by atoms with Gasteiger partial charge in [0.05, 0.1) is 0 Å². The largest absolute Gasteiger partial charge is 0.444 e. The quantitative estimate of drug-likeness (QED) is 0.792. The van der Waals surface area contributed by atoms with Crippen LogP contribution in [0, 0.1) is 0 Å². The van der Waals surface area contributed by atoms with Gasteiger partial charge in [-0.25, -0.2) is 9.80 Å². The minimum Gasteiger partial charge on any atom is -0.444 e. The Bertz CT molecular complexity index is 621. The Labute approximate surface area is 163 Å². The van der Waals surface area contributed by atoms with Crippen LogP contribution in [0.15, 0.2) is 30.3 Å². The fraction of sp³-hybridized carbons (Fsp3) is 0.619. The van der Waals surface area contributed by atoms with Crippen molar-refractivity contribution in [3.05, 3.63) is 35.9 Å². The zero-order chi connectivity index (χ0) is 20.0. The second-order valence-corrected chi connectivity index (χ2v) is 8.17. The van der Waals surface area contributed by atoms with Crippen LogP contribution in [0.3, 0.4) is 0 Å². The molecule has 0 bridgehead atoms. The predicted molar refractivity (Wildman–Crippen MR) is 106 cm³/mol. The molecule has 0 N–H and O–H groups in total. The number of hydrogen-bond acceptors (Lipinski definition) is 4. The first-order valence-electron chi connectivity index (χ1n) is 9.71. The van der Waals surface area contributed by atoms with Gasteiger partial charge in [0.15, 0.2) is 0 Å². The van der Waals surface area contributed by atoms with Crippen molar-refractivity contribution in [3.63, 3.8) is 0 Å². The molecule has 2 amide bonds. The number of benzene rings is 1. The molecule has 0 saturated carbocycles. The van der Waals surface area contributed by atoms with Crippen LogP contribution in [0.1, 0.15) is 45.6 Å². The summed E-state index contributed by atoms with van der Waals surface area (Å²) in [6.45, 7) is 7.22. The maximum absolute atomic E-state index is 13.3. The molecule has 2 rings (SSSR count). The molecule has 0 aromatic heterocycles. The first-order valence-corrected chi connectivity index (χ1v) is 9.71. The lowest BCUT2D eigenvalue weighted by Gasteiger charge is -2.38. The topological polar surface area (TPSA) is 53.1 Å². The third-order valence-electron chi connectivity index (χ3n) is 4.78. The number of amides is 2. The maximum atomic E-state index is 13.3. The van der Waals surface area contributed by atoms with Gasteiger partial charge >= 0.3 is 6.09 Å². The summed E-state index contributed by atoms with van der Waals surface area (Å²) in [6, 6.07) is 9.16. The lowest BCUT2D eigenvalue weighted by Crippen LogP contribution is -2.55. The zero-order valence-corrected chi connectivity index (χ0v) is 17.3. The Hall–Kier alpha value is -2.08. The molecule has 1 aliphatic heterocycles. The van der Waals surface area contributed by atoms with Crippen molar-refractivity contribution in [2.75, 3.05) is 27.2 Å². The van der Waals surface area contributed by atoms with Gasteiger partial charge in [-0.05, 0) is 39.2 Å². The van der Waals surface area contributed by atoms with Crippen molar-refractivity contribution in [3.8, 4) is 0 Å². The average Bonchev–Trinajstić information content (AvgIpc) is 2.64. The van der Waals surface area contributed by atoms with Crippen LogP contribution < -0.4 is 0 Å². The van der Waals surface area contributed by atoms with E-state index in [1.165, 1.54) is 11.3 Å². The van der Waals surface area contributed by atoms with E-state index in [9.17, 15) is 9.59 Å². The second-order valence-electron chi connectivity index (χ2n) is 8.17. The van der Waals surface area contributed by atoms with E-state index in [1.54, 1.807) is 19.1 Å². The number of hydrogen-bond donors (Lipinski definition) is 0. The van der Waals surface area contributed by atoms with Crippen LogP contribution in [-0.2, 0) is 16.0 Å². The highest BCUT2D eigenvalue weighted by atomic mass is 16.6. The lowest BCUT2D eigenvalue weighted by molar-refractivity contribution is -0.152. The smallest absolute Gasteiger partial charge is 0.410 e. The van der Waals surface area contributed by atoms with Crippen LogP contribution in [-0.4, -0.2) is 65.7 Å². The fourth-order valence-corrected chi connectivity index (χ4v) is 3.22. The van der Waals surface area contributed by atoms with Crippen LogP contribution >= 0.6 is 0 Å². The number of piperidine rings is 1. The standard InChI is InChI=1S/C21H33N3O3/c1-21(2,3)27-20(26)22(4)18(16-17-12-8-6-9-13-17)19(25)23(5)24-14-10-7-11-15-24/h6,8-9,12-13,18H,7,10-11,14-16H2,1-5H3/t18-/m1/s1. The van der Waals surface area contributed by atoms with Crippen LogP contribution in [0.5, 0.6) is 0 Å². The number of nitrogens with zero attached hydrogens (tertiary/aromatic N) is 3. The minimum absolute atomic E-state index is 0.0888. The number of carbonyl (C=O) groups excluding carboxylic acids is 2. The molecule has 1 fully saturated rings. The Kier molecular flexibility index (Phi) is 7.25. The van der Waals surface area contributed by atoms with Gasteiger partial charge in [0.1, 0.15) is 11.6 Å². The van der Waals surface area contributed by atoms with E-state index in [0.29, 0.717) is 6.42 Å². The molecule has 150 valence electrons. The third-order valence-corrected chi connectivity index (χ3v) is 4.78. The van der Waals surface area contributed by atoms with E-state index in [-0.39, 0.29) is 5.91 Å². The van der Waals surface area contributed by atoms with E-state index >= 15 is 0 Å². The summed E-state index contributed by atoms with van der Waals surface area (Å²) in [7, 11) is 3.44. The molecule has 6 heteroatoms. The number of hydrazine groups is 1. The molecule has 1 atom stereocenters. The minimum atomic E-state index is -0.617. The molecule has 0 radical (unpaired) electrons. The second kappa shape index (κ2) is 9.22. The highest BCUT2D eigenvalue weighted by Gasteiger charge is 2.34. The Morgan fingerprint density at radius 3 is 2.22 bits per heavy atom. The maximum Gasteiger partial charge on any atom is 0.410 e. The summed E-state index contributed by atoms with van der Waals surface area (Å²) in [5.41, 5.74) is 0.406. The van der Waals surface area contributed by atoms with Crippen molar-refractivity contribution in [1.29, 1.82) is 0 Å². The molecule has 1 aromatic rings. The Balaban J connectivity index is 2.19. The summed E-state index contributed by atoms with van der Waals surface area (Å²) < 4.78 is 5.50. The van der Waals surface area contributed by atoms with Gasteiger partial charge in [0.25, 0.3) is 5.91 Å². The lowest BCUT2D eigenvalue weighted by atomic mass is 10.0. The van der Waals surface area contributed by atoms with E-state index in [4.69, 9.17) is 4.74 Å². The van der Waals surface area contributed by atoms with E-state index in [0.717, 1.165) is 31.5 Å². The summed E-state index contributed by atoms with van der Waals surface area (Å²) in [6.07, 6.45) is 3.34. The fourth-order valence-electron chi connectivity index (χ4n) is 3.22. The third kappa shape index (κ3) is 6.24. The van der Waals surface area contributed by atoms with Crippen molar-refractivity contribution >= 4 is 12.0 Å². The van der Waals surface area contributed by atoms with E-state index in [1.807, 2.05) is 51.1 Å². The van der Waals surface area contributed by atoms with Crippen LogP contribution in [0.2, 0.25) is 0 Å². The normalized spacial score (nSPS) is 16.5. The van der Waals surface area contributed by atoms with E-state index in [2.05, 4.69) is 5.01 Å². The summed E-state index contributed by atoms with van der Waals surface area (Å²) in [5, 5.41) is 3.76. The molecule has 1 aromatic carbocycles. The molecule has 6 nitrogen and oxygen atoms in total.